The van der Waals surface area contributed by atoms with E-state index in [2.05, 4.69) is 10.0 Å². The molecule has 0 aromatic heterocycles. The molecule has 0 aliphatic carbocycles. The SMILES string of the molecule is Cc1ccc(S(=O)(=O)NCCNc2ccc(C#N)cc2[N+](=O)[O-])cc1. The smallest absolute Gasteiger partial charge is 0.293 e. The normalized spacial score (nSPS) is 10.9. The fraction of sp³-hybridized carbons (Fsp3) is 0.188. The van der Waals surface area contributed by atoms with Crippen molar-refractivity contribution in [2.24, 2.45) is 0 Å². The number of hydrogen-bond donors (Lipinski definition) is 2. The van der Waals surface area contributed by atoms with E-state index in [0.29, 0.717) is 0 Å². The molecule has 2 rings (SSSR count). The van der Waals surface area contributed by atoms with Crippen LogP contribution in [0.4, 0.5) is 11.4 Å². The number of nitro groups is 1. The zero-order chi connectivity index (χ0) is 18.4. The summed E-state index contributed by atoms with van der Waals surface area (Å²) in [5, 5.41) is 22.6. The Bertz CT molecular complexity index is 918. The van der Waals surface area contributed by atoms with Crippen molar-refractivity contribution in [1.29, 1.82) is 5.26 Å². The zero-order valence-electron chi connectivity index (χ0n) is 13.4. The Balaban J connectivity index is 1.98. The van der Waals surface area contributed by atoms with Gasteiger partial charge >= 0.3 is 0 Å². The largest absolute Gasteiger partial charge is 0.378 e. The van der Waals surface area contributed by atoms with Gasteiger partial charge in [0.1, 0.15) is 5.69 Å². The third kappa shape index (κ3) is 4.76. The second-order valence-electron chi connectivity index (χ2n) is 5.24. The summed E-state index contributed by atoms with van der Waals surface area (Å²) in [6.07, 6.45) is 0. The van der Waals surface area contributed by atoms with Gasteiger partial charge in [-0.1, -0.05) is 17.7 Å². The van der Waals surface area contributed by atoms with Crippen LogP contribution in [0.5, 0.6) is 0 Å². The lowest BCUT2D eigenvalue weighted by atomic mass is 10.2. The number of aryl methyl sites for hydroxylation is 1. The second kappa shape index (κ2) is 7.74. The zero-order valence-corrected chi connectivity index (χ0v) is 14.2. The highest BCUT2D eigenvalue weighted by Crippen LogP contribution is 2.25. The molecule has 9 heteroatoms. The maximum absolute atomic E-state index is 12.1. The molecule has 25 heavy (non-hydrogen) atoms. The van der Waals surface area contributed by atoms with Crippen molar-refractivity contribution in [3.63, 3.8) is 0 Å². The Morgan fingerprint density at radius 3 is 2.44 bits per heavy atom. The van der Waals surface area contributed by atoms with Crippen molar-refractivity contribution >= 4 is 21.4 Å². The van der Waals surface area contributed by atoms with Gasteiger partial charge in [-0.3, -0.25) is 10.1 Å². The van der Waals surface area contributed by atoms with Gasteiger partial charge in [-0.2, -0.15) is 5.26 Å². The average molecular weight is 360 g/mol. The number of nitrogens with one attached hydrogen (secondary N) is 2. The first-order chi connectivity index (χ1) is 11.8. The summed E-state index contributed by atoms with van der Waals surface area (Å²) >= 11 is 0. The first-order valence-corrected chi connectivity index (χ1v) is 8.80. The van der Waals surface area contributed by atoms with Crippen molar-refractivity contribution in [2.45, 2.75) is 11.8 Å². The van der Waals surface area contributed by atoms with E-state index in [4.69, 9.17) is 5.26 Å². The van der Waals surface area contributed by atoms with Crippen LogP contribution in [0.25, 0.3) is 0 Å². The van der Waals surface area contributed by atoms with E-state index in [1.54, 1.807) is 12.1 Å². The maximum atomic E-state index is 12.1. The summed E-state index contributed by atoms with van der Waals surface area (Å²) < 4.78 is 26.7. The van der Waals surface area contributed by atoms with E-state index in [1.165, 1.54) is 30.3 Å². The van der Waals surface area contributed by atoms with Gasteiger partial charge in [-0.15, -0.1) is 0 Å². The molecule has 0 atom stereocenters. The molecule has 0 aliphatic rings. The summed E-state index contributed by atoms with van der Waals surface area (Å²) in [4.78, 5) is 10.6. The molecule has 2 aromatic rings. The predicted molar refractivity (Wildman–Crippen MR) is 92.7 cm³/mol. The Kier molecular flexibility index (Phi) is 5.69. The minimum atomic E-state index is -3.64. The lowest BCUT2D eigenvalue weighted by Crippen LogP contribution is -2.29. The van der Waals surface area contributed by atoms with Crippen LogP contribution >= 0.6 is 0 Å². The third-order valence-electron chi connectivity index (χ3n) is 3.39. The van der Waals surface area contributed by atoms with Crippen molar-refractivity contribution in [3.05, 3.63) is 63.7 Å². The number of nitrogens with zero attached hydrogens (tertiary/aromatic N) is 2. The van der Waals surface area contributed by atoms with E-state index in [-0.39, 0.29) is 34.9 Å². The highest BCUT2D eigenvalue weighted by atomic mass is 32.2. The van der Waals surface area contributed by atoms with Crippen LogP contribution in [0.3, 0.4) is 0 Å². The standard InChI is InChI=1S/C16H16N4O4S/c1-12-2-5-14(6-3-12)25(23,24)19-9-8-18-15-7-4-13(11-17)10-16(15)20(21)22/h2-7,10,18-19H,8-9H2,1H3. The molecule has 0 amide bonds. The van der Waals surface area contributed by atoms with Gasteiger partial charge in [0, 0.05) is 19.2 Å². The highest BCUT2D eigenvalue weighted by Gasteiger charge is 2.15. The Morgan fingerprint density at radius 1 is 1.16 bits per heavy atom. The summed E-state index contributed by atoms with van der Waals surface area (Å²) in [6, 6.07) is 12.3. The molecule has 0 unspecified atom stereocenters. The Morgan fingerprint density at radius 2 is 1.84 bits per heavy atom. The fourth-order valence-electron chi connectivity index (χ4n) is 2.09. The van der Waals surface area contributed by atoms with Crippen molar-refractivity contribution in [1.82, 2.24) is 4.72 Å². The molecule has 0 radical (unpaired) electrons. The van der Waals surface area contributed by atoms with Gasteiger partial charge in [-0.05, 0) is 31.2 Å². The quantitative estimate of drug-likeness (QED) is 0.443. The lowest BCUT2D eigenvalue weighted by Gasteiger charge is -2.09. The fourth-order valence-corrected chi connectivity index (χ4v) is 3.12. The number of nitriles is 1. The average Bonchev–Trinajstić information content (AvgIpc) is 2.59. The predicted octanol–water partition coefficient (Wildman–Crippen LogP) is 2.17. The van der Waals surface area contributed by atoms with Crippen LogP contribution in [0.15, 0.2) is 47.4 Å². The number of benzene rings is 2. The number of nitro benzene ring substituents is 1. The molecule has 130 valence electrons. The molecule has 0 heterocycles. The third-order valence-corrected chi connectivity index (χ3v) is 4.86. The summed E-state index contributed by atoms with van der Waals surface area (Å²) in [5.41, 5.74) is 1.12. The molecule has 2 N–H and O–H groups in total. The van der Waals surface area contributed by atoms with E-state index in [1.807, 2.05) is 13.0 Å². The topological polar surface area (TPSA) is 125 Å². The molecular formula is C16H16N4O4S. The summed E-state index contributed by atoms with van der Waals surface area (Å²) in [7, 11) is -3.64. The van der Waals surface area contributed by atoms with Crippen molar-refractivity contribution < 1.29 is 13.3 Å². The molecule has 2 aromatic carbocycles. The van der Waals surface area contributed by atoms with Gasteiger partial charge < -0.3 is 5.32 Å². The van der Waals surface area contributed by atoms with E-state index in [0.717, 1.165) is 5.56 Å². The van der Waals surface area contributed by atoms with Crippen LogP contribution in [0.2, 0.25) is 0 Å². The molecule has 0 fully saturated rings. The summed E-state index contributed by atoms with van der Waals surface area (Å²) in [6.45, 7) is 2.06. The Labute approximate surface area is 145 Å². The number of anilines is 1. The first kappa shape index (κ1) is 18.4. The van der Waals surface area contributed by atoms with Crippen LogP contribution in [-0.2, 0) is 10.0 Å². The number of rotatable bonds is 7. The van der Waals surface area contributed by atoms with Gasteiger partial charge in [0.15, 0.2) is 0 Å². The van der Waals surface area contributed by atoms with Gasteiger partial charge in [0.2, 0.25) is 10.0 Å². The molecule has 0 aliphatic heterocycles. The highest BCUT2D eigenvalue weighted by molar-refractivity contribution is 7.89. The van der Waals surface area contributed by atoms with Crippen LogP contribution < -0.4 is 10.0 Å². The minimum absolute atomic E-state index is 0.0490. The van der Waals surface area contributed by atoms with E-state index < -0.39 is 14.9 Å². The first-order valence-electron chi connectivity index (χ1n) is 7.32. The second-order valence-corrected chi connectivity index (χ2v) is 7.01. The monoisotopic (exact) mass is 360 g/mol. The molecular weight excluding hydrogens is 344 g/mol. The minimum Gasteiger partial charge on any atom is -0.378 e. The molecule has 0 saturated carbocycles. The van der Waals surface area contributed by atoms with Crippen LogP contribution in [0, 0.1) is 28.4 Å². The van der Waals surface area contributed by atoms with Gasteiger partial charge in [-0.25, -0.2) is 13.1 Å². The van der Waals surface area contributed by atoms with E-state index in [9.17, 15) is 18.5 Å². The van der Waals surface area contributed by atoms with Crippen LogP contribution in [-0.4, -0.2) is 26.4 Å². The maximum Gasteiger partial charge on any atom is 0.293 e. The molecule has 0 saturated heterocycles. The van der Waals surface area contributed by atoms with Gasteiger partial charge in [0.05, 0.1) is 21.5 Å². The lowest BCUT2D eigenvalue weighted by molar-refractivity contribution is -0.384. The number of hydrogen-bond acceptors (Lipinski definition) is 6. The molecule has 8 nitrogen and oxygen atoms in total. The van der Waals surface area contributed by atoms with Crippen molar-refractivity contribution in [3.8, 4) is 6.07 Å². The van der Waals surface area contributed by atoms with Gasteiger partial charge in [0.25, 0.3) is 5.69 Å². The number of sulfonamides is 1. The van der Waals surface area contributed by atoms with Crippen LogP contribution in [0.1, 0.15) is 11.1 Å². The molecule has 0 bridgehead atoms. The molecule has 0 spiro atoms. The summed E-state index contributed by atoms with van der Waals surface area (Å²) in [5.74, 6) is 0. The Hall–Kier alpha value is -2.96. The van der Waals surface area contributed by atoms with E-state index >= 15 is 0 Å². The van der Waals surface area contributed by atoms with Crippen molar-refractivity contribution in [2.75, 3.05) is 18.4 Å².